The van der Waals surface area contributed by atoms with E-state index in [0.29, 0.717) is 6.04 Å². The van der Waals surface area contributed by atoms with Gasteiger partial charge in [0.2, 0.25) is 5.91 Å². The van der Waals surface area contributed by atoms with Crippen molar-refractivity contribution < 1.29 is 4.79 Å². The second-order valence-electron chi connectivity index (χ2n) is 4.25. The van der Waals surface area contributed by atoms with E-state index in [0.717, 1.165) is 12.3 Å². The lowest BCUT2D eigenvalue weighted by molar-refractivity contribution is -0.119. The Morgan fingerprint density at radius 1 is 1.55 bits per heavy atom. The first kappa shape index (κ1) is 7.14. The van der Waals surface area contributed by atoms with Crippen LogP contribution in [-0.4, -0.2) is 11.9 Å². The Morgan fingerprint density at radius 3 is 2.55 bits per heavy atom. The first-order valence-electron chi connectivity index (χ1n) is 4.42. The van der Waals surface area contributed by atoms with E-state index in [9.17, 15) is 4.79 Å². The van der Waals surface area contributed by atoms with Crippen molar-refractivity contribution >= 4 is 5.91 Å². The van der Waals surface area contributed by atoms with Gasteiger partial charge < -0.3 is 5.32 Å². The van der Waals surface area contributed by atoms with Crippen LogP contribution >= 0.6 is 0 Å². The summed E-state index contributed by atoms with van der Waals surface area (Å²) in [6.07, 6.45) is 3.41. The zero-order valence-corrected chi connectivity index (χ0v) is 7.18. The molecule has 2 atom stereocenters. The Hall–Kier alpha value is -0.530. The molecule has 0 spiro atoms. The maximum Gasteiger partial charge on any atom is 0.220 e. The molecule has 1 aliphatic heterocycles. The van der Waals surface area contributed by atoms with Crippen molar-refractivity contribution in [3.8, 4) is 0 Å². The highest BCUT2D eigenvalue weighted by Gasteiger charge is 2.50. The molecule has 1 saturated heterocycles. The lowest BCUT2D eigenvalue weighted by atomic mass is 9.78. The summed E-state index contributed by atoms with van der Waals surface area (Å²) in [4.78, 5) is 11.1. The number of nitrogens with one attached hydrogen (secondary N) is 1. The van der Waals surface area contributed by atoms with Gasteiger partial charge in [-0.05, 0) is 31.1 Å². The number of hydrogen-bond acceptors (Lipinski definition) is 1. The molecule has 2 unspecified atom stereocenters. The molecule has 0 aromatic heterocycles. The molecule has 1 heterocycles. The molecule has 1 amide bonds. The molecule has 62 valence electrons. The molecule has 11 heavy (non-hydrogen) atoms. The number of carbonyl (C=O) groups excluding carboxylic acids is 1. The molecule has 0 aromatic rings. The molecule has 0 aromatic carbocycles. The van der Waals surface area contributed by atoms with E-state index in [2.05, 4.69) is 19.2 Å². The molecular formula is C9H15NO. The Kier molecular flexibility index (Phi) is 1.29. The van der Waals surface area contributed by atoms with Crippen LogP contribution in [0.4, 0.5) is 0 Å². The molecule has 2 fully saturated rings. The molecule has 2 aliphatic rings. The van der Waals surface area contributed by atoms with Crippen LogP contribution in [0.1, 0.15) is 33.1 Å². The smallest absolute Gasteiger partial charge is 0.220 e. The Labute approximate surface area is 67.4 Å². The summed E-state index contributed by atoms with van der Waals surface area (Å²) in [5.74, 6) is 1.06. The molecule has 2 heteroatoms. The van der Waals surface area contributed by atoms with Crippen molar-refractivity contribution in [3.63, 3.8) is 0 Å². The normalized spacial score (nSPS) is 44.2. The summed E-state index contributed by atoms with van der Waals surface area (Å²) in [5, 5.41) is 2.99. The van der Waals surface area contributed by atoms with Gasteiger partial charge in [0.15, 0.2) is 0 Å². The van der Waals surface area contributed by atoms with Gasteiger partial charge in [-0.15, -0.1) is 0 Å². The van der Waals surface area contributed by atoms with E-state index < -0.39 is 0 Å². The van der Waals surface area contributed by atoms with E-state index in [1.54, 1.807) is 0 Å². The largest absolute Gasteiger partial charge is 0.353 e. The minimum atomic E-state index is 0.243. The Bertz CT molecular complexity index is 198. The van der Waals surface area contributed by atoms with Gasteiger partial charge in [0.05, 0.1) is 0 Å². The Morgan fingerprint density at radius 2 is 2.18 bits per heavy atom. The molecule has 2 nitrogen and oxygen atoms in total. The van der Waals surface area contributed by atoms with Gasteiger partial charge in [0, 0.05) is 12.5 Å². The van der Waals surface area contributed by atoms with Gasteiger partial charge in [-0.2, -0.15) is 0 Å². The van der Waals surface area contributed by atoms with Crippen molar-refractivity contribution in [3.05, 3.63) is 0 Å². The molecule has 2 rings (SSSR count). The summed E-state index contributed by atoms with van der Waals surface area (Å²) < 4.78 is 0. The molecule has 1 aliphatic carbocycles. The molecule has 1 N–H and O–H groups in total. The van der Waals surface area contributed by atoms with Crippen LogP contribution in [0.5, 0.6) is 0 Å². The van der Waals surface area contributed by atoms with Gasteiger partial charge in [0.25, 0.3) is 0 Å². The maximum atomic E-state index is 11.1. The molecule has 0 radical (unpaired) electrons. The standard InChI is InChI=1S/C9H15NO/c1-6-9(2,7-3-4-7)5-8(11)10-6/h6-7H,3-5H2,1-2H3,(H,10,11). The van der Waals surface area contributed by atoms with Gasteiger partial charge in [-0.3, -0.25) is 4.79 Å². The lowest BCUT2D eigenvalue weighted by Gasteiger charge is -2.26. The zero-order valence-electron chi connectivity index (χ0n) is 7.18. The minimum absolute atomic E-state index is 0.243. The van der Waals surface area contributed by atoms with E-state index in [4.69, 9.17) is 0 Å². The summed E-state index contributed by atoms with van der Waals surface area (Å²) in [6.45, 7) is 4.37. The highest BCUT2D eigenvalue weighted by Crippen LogP contribution is 2.51. The fourth-order valence-corrected chi connectivity index (χ4v) is 2.20. The zero-order chi connectivity index (χ0) is 8.06. The van der Waals surface area contributed by atoms with E-state index in [1.165, 1.54) is 12.8 Å². The highest BCUT2D eigenvalue weighted by molar-refractivity contribution is 5.79. The van der Waals surface area contributed by atoms with Gasteiger partial charge in [-0.1, -0.05) is 6.92 Å². The molecule has 0 bridgehead atoms. The average molecular weight is 153 g/mol. The first-order chi connectivity index (χ1) is 5.13. The Balaban J connectivity index is 2.17. The van der Waals surface area contributed by atoms with Gasteiger partial charge in [0.1, 0.15) is 0 Å². The van der Waals surface area contributed by atoms with Gasteiger partial charge >= 0.3 is 0 Å². The number of hydrogen-bond donors (Lipinski definition) is 1. The van der Waals surface area contributed by atoms with Crippen LogP contribution in [0.25, 0.3) is 0 Å². The van der Waals surface area contributed by atoms with Crippen LogP contribution < -0.4 is 5.32 Å². The molecular weight excluding hydrogens is 138 g/mol. The van der Waals surface area contributed by atoms with Crippen molar-refractivity contribution in [2.45, 2.75) is 39.2 Å². The third kappa shape index (κ3) is 0.959. The topological polar surface area (TPSA) is 29.1 Å². The van der Waals surface area contributed by atoms with Crippen molar-refractivity contribution in [1.82, 2.24) is 5.32 Å². The number of rotatable bonds is 1. The van der Waals surface area contributed by atoms with Crippen LogP contribution in [0, 0.1) is 11.3 Å². The third-order valence-electron chi connectivity index (χ3n) is 3.42. The van der Waals surface area contributed by atoms with E-state index >= 15 is 0 Å². The second-order valence-corrected chi connectivity index (χ2v) is 4.25. The van der Waals surface area contributed by atoms with Crippen molar-refractivity contribution in [2.24, 2.45) is 11.3 Å². The van der Waals surface area contributed by atoms with Crippen LogP contribution in [0.2, 0.25) is 0 Å². The SMILES string of the molecule is CC1NC(=O)CC1(C)C1CC1. The fourth-order valence-electron chi connectivity index (χ4n) is 2.20. The highest BCUT2D eigenvalue weighted by atomic mass is 16.2. The van der Waals surface area contributed by atoms with E-state index in [1.807, 2.05) is 0 Å². The minimum Gasteiger partial charge on any atom is -0.353 e. The van der Waals surface area contributed by atoms with Crippen LogP contribution in [0.15, 0.2) is 0 Å². The molecule has 1 saturated carbocycles. The maximum absolute atomic E-state index is 11.1. The van der Waals surface area contributed by atoms with Crippen LogP contribution in [0.3, 0.4) is 0 Å². The summed E-state index contributed by atoms with van der Waals surface area (Å²) in [5.41, 5.74) is 0.275. The average Bonchev–Trinajstić information content (AvgIpc) is 2.63. The summed E-state index contributed by atoms with van der Waals surface area (Å²) in [6, 6.07) is 0.391. The monoisotopic (exact) mass is 153 g/mol. The lowest BCUT2D eigenvalue weighted by Crippen LogP contribution is -2.33. The first-order valence-corrected chi connectivity index (χ1v) is 4.42. The quantitative estimate of drug-likeness (QED) is 0.604. The third-order valence-corrected chi connectivity index (χ3v) is 3.42. The predicted molar refractivity (Wildman–Crippen MR) is 43.1 cm³/mol. The number of amides is 1. The number of carbonyl (C=O) groups is 1. The van der Waals surface area contributed by atoms with E-state index in [-0.39, 0.29) is 11.3 Å². The van der Waals surface area contributed by atoms with Crippen LogP contribution in [-0.2, 0) is 4.79 Å². The second kappa shape index (κ2) is 1.99. The predicted octanol–water partition coefficient (Wildman–Crippen LogP) is 1.31. The summed E-state index contributed by atoms with van der Waals surface area (Å²) in [7, 11) is 0. The van der Waals surface area contributed by atoms with Gasteiger partial charge in [-0.25, -0.2) is 0 Å². The van der Waals surface area contributed by atoms with Crippen molar-refractivity contribution in [2.75, 3.05) is 0 Å². The van der Waals surface area contributed by atoms with Crippen molar-refractivity contribution in [1.29, 1.82) is 0 Å². The fraction of sp³-hybridized carbons (Fsp3) is 0.889. The summed E-state index contributed by atoms with van der Waals surface area (Å²) >= 11 is 0.